The van der Waals surface area contributed by atoms with E-state index in [-0.39, 0.29) is 31.7 Å². The lowest BCUT2D eigenvalue weighted by molar-refractivity contribution is 0.244. The molecule has 0 unspecified atom stereocenters. The molecule has 0 aliphatic heterocycles. The third-order valence-corrected chi connectivity index (χ3v) is 7.69. The van der Waals surface area contributed by atoms with Crippen LogP contribution in [0.3, 0.4) is 0 Å². The van der Waals surface area contributed by atoms with Crippen LogP contribution in [-0.4, -0.2) is 37.1 Å². The van der Waals surface area contributed by atoms with Gasteiger partial charge in [-0.05, 0) is 36.4 Å². The molecule has 0 amide bonds. The molecule has 0 saturated carbocycles. The first kappa shape index (κ1) is 25.7. The van der Waals surface area contributed by atoms with E-state index in [0.717, 1.165) is 6.54 Å². The molecule has 0 N–H and O–H groups in total. The maximum atomic E-state index is 13.1. The number of sulfone groups is 1. The van der Waals surface area contributed by atoms with Crippen molar-refractivity contribution in [3.05, 3.63) is 65.2 Å². The van der Waals surface area contributed by atoms with Crippen LogP contribution in [0.4, 0.5) is 0 Å². The normalized spacial score (nSPS) is 13.5. The first-order valence-electron chi connectivity index (χ1n) is 10.3. The van der Waals surface area contributed by atoms with Crippen molar-refractivity contribution >= 4 is 44.6 Å². The number of halogens is 3. The fraction of sp³-hybridized carbons (Fsp3) is 0.348. The number of hydrogen-bond acceptors (Lipinski definition) is 5. The molecule has 1 aromatic heterocycles. The topological polar surface area (TPSA) is 70.4 Å². The Morgan fingerprint density at radius 2 is 1.48 bits per heavy atom. The van der Waals surface area contributed by atoms with Gasteiger partial charge in [0.05, 0.1) is 39.4 Å². The van der Waals surface area contributed by atoms with Crippen LogP contribution in [-0.2, 0) is 16.4 Å². The van der Waals surface area contributed by atoms with E-state index in [0.29, 0.717) is 30.6 Å². The van der Waals surface area contributed by atoms with Crippen molar-refractivity contribution in [2.45, 2.75) is 30.2 Å². The lowest BCUT2D eigenvalue weighted by atomic mass is 10.2. The van der Waals surface area contributed by atoms with Crippen molar-refractivity contribution in [1.82, 2.24) is 9.55 Å². The number of hydrogen-bond donors (Lipinski definition) is 0. The van der Waals surface area contributed by atoms with Gasteiger partial charge in [0.2, 0.25) is 9.84 Å². The molecule has 0 saturated heterocycles. The molecule has 0 spiro atoms. The SMILES string of the molecule is C[C@H](CCl)COc1ccc(S(=O)(=O)c2ccc(OC[C@H](C)Cn3ccnc3)c(Cl)c2)cc1Cl. The summed E-state index contributed by atoms with van der Waals surface area (Å²) in [7, 11) is -3.83. The fourth-order valence-electron chi connectivity index (χ4n) is 2.98. The third-order valence-electron chi connectivity index (χ3n) is 4.82. The summed E-state index contributed by atoms with van der Waals surface area (Å²) in [6.45, 7) is 5.53. The maximum absolute atomic E-state index is 13.1. The molecule has 0 aliphatic carbocycles. The molecule has 10 heteroatoms. The Morgan fingerprint density at radius 3 is 1.94 bits per heavy atom. The van der Waals surface area contributed by atoms with E-state index in [2.05, 4.69) is 4.98 Å². The van der Waals surface area contributed by atoms with E-state index in [1.807, 2.05) is 24.6 Å². The molecule has 0 radical (unpaired) electrons. The van der Waals surface area contributed by atoms with Gasteiger partial charge in [0, 0.05) is 36.7 Å². The molecule has 0 bridgehead atoms. The van der Waals surface area contributed by atoms with Crippen LogP contribution in [0.5, 0.6) is 11.5 Å². The summed E-state index contributed by atoms with van der Waals surface area (Å²) in [5.41, 5.74) is 0. The summed E-state index contributed by atoms with van der Waals surface area (Å²) in [6, 6.07) is 8.78. The summed E-state index contributed by atoms with van der Waals surface area (Å²) in [4.78, 5) is 4.11. The van der Waals surface area contributed by atoms with E-state index in [4.69, 9.17) is 44.3 Å². The van der Waals surface area contributed by atoms with Gasteiger partial charge in [-0.15, -0.1) is 11.6 Å². The van der Waals surface area contributed by atoms with E-state index in [1.54, 1.807) is 18.6 Å². The van der Waals surface area contributed by atoms with Crippen molar-refractivity contribution in [2.75, 3.05) is 19.1 Å². The van der Waals surface area contributed by atoms with Crippen molar-refractivity contribution in [3.8, 4) is 11.5 Å². The number of aromatic nitrogens is 2. The number of ether oxygens (including phenoxy) is 2. The van der Waals surface area contributed by atoms with Crippen LogP contribution in [0.2, 0.25) is 10.0 Å². The quantitative estimate of drug-likeness (QED) is 0.284. The average molecular weight is 532 g/mol. The Labute approximate surface area is 209 Å². The van der Waals surface area contributed by atoms with Crippen LogP contribution < -0.4 is 9.47 Å². The first-order chi connectivity index (χ1) is 15.7. The Hall–Kier alpha value is -1.93. The van der Waals surface area contributed by atoms with E-state index >= 15 is 0 Å². The summed E-state index contributed by atoms with van der Waals surface area (Å²) in [5, 5.41) is 0.419. The number of imidazole rings is 1. The second kappa shape index (κ2) is 11.5. The molecule has 6 nitrogen and oxygen atoms in total. The predicted molar refractivity (Wildman–Crippen MR) is 131 cm³/mol. The molecular weight excluding hydrogens is 507 g/mol. The van der Waals surface area contributed by atoms with E-state index in [9.17, 15) is 8.42 Å². The zero-order valence-corrected chi connectivity index (χ0v) is 21.3. The van der Waals surface area contributed by atoms with Crippen LogP contribution in [0.25, 0.3) is 0 Å². The lowest BCUT2D eigenvalue weighted by Crippen LogP contribution is -2.14. The Kier molecular flexibility index (Phi) is 8.93. The third kappa shape index (κ3) is 6.79. The zero-order chi connectivity index (χ0) is 24.0. The zero-order valence-electron chi connectivity index (χ0n) is 18.2. The molecule has 2 aromatic carbocycles. The minimum absolute atomic E-state index is 0.0453. The van der Waals surface area contributed by atoms with E-state index < -0.39 is 9.84 Å². The highest BCUT2D eigenvalue weighted by atomic mass is 35.5. The van der Waals surface area contributed by atoms with Gasteiger partial charge < -0.3 is 14.0 Å². The summed E-state index contributed by atoms with van der Waals surface area (Å²) in [6.07, 6.45) is 5.35. The van der Waals surface area contributed by atoms with Crippen molar-refractivity contribution in [1.29, 1.82) is 0 Å². The Morgan fingerprint density at radius 1 is 0.939 bits per heavy atom. The van der Waals surface area contributed by atoms with Crippen molar-refractivity contribution in [2.24, 2.45) is 11.8 Å². The van der Waals surface area contributed by atoms with Gasteiger partial charge in [-0.1, -0.05) is 37.0 Å². The molecule has 178 valence electrons. The highest BCUT2D eigenvalue weighted by Crippen LogP contribution is 2.33. The maximum Gasteiger partial charge on any atom is 0.206 e. The second-order valence-corrected chi connectivity index (χ2v) is 11.0. The molecular formula is C23H25Cl3N2O4S. The average Bonchev–Trinajstić information content (AvgIpc) is 3.30. The smallest absolute Gasteiger partial charge is 0.206 e. The molecule has 0 fully saturated rings. The van der Waals surface area contributed by atoms with Crippen LogP contribution in [0.1, 0.15) is 13.8 Å². The summed E-state index contributed by atoms with van der Waals surface area (Å²) in [5.74, 6) is 1.62. The molecule has 0 aliphatic rings. The van der Waals surface area contributed by atoms with Gasteiger partial charge in [0.1, 0.15) is 11.5 Å². The lowest BCUT2D eigenvalue weighted by Gasteiger charge is -2.15. The molecule has 2 atom stereocenters. The summed E-state index contributed by atoms with van der Waals surface area (Å²) >= 11 is 18.4. The van der Waals surface area contributed by atoms with Crippen LogP contribution >= 0.6 is 34.8 Å². The number of nitrogens with zero attached hydrogens (tertiary/aromatic N) is 2. The molecule has 33 heavy (non-hydrogen) atoms. The second-order valence-electron chi connectivity index (χ2n) is 7.93. The van der Waals surface area contributed by atoms with Gasteiger partial charge >= 0.3 is 0 Å². The highest BCUT2D eigenvalue weighted by molar-refractivity contribution is 7.91. The van der Waals surface area contributed by atoms with Crippen LogP contribution in [0, 0.1) is 11.8 Å². The highest BCUT2D eigenvalue weighted by Gasteiger charge is 2.21. The van der Waals surface area contributed by atoms with E-state index in [1.165, 1.54) is 30.3 Å². The number of benzene rings is 2. The minimum atomic E-state index is -3.83. The number of alkyl halides is 1. The standard InChI is InChI=1S/C23H25Cl3N2O4S/c1-16(11-24)13-31-22-5-3-18(9-20(22)25)33(29,30)19-4-6-23(21(26)10-19)32-14-17(2)12-28-8-7-27-15-28/h3-10,15-17H,11-14H2,1-2H3/t16-,17-/m1/s1. The monoisotopic (exact) mass is 530 g/mol. The largest absolute Gasteiger partial charge is 0.492 e. The number of rotatable bonds is 11. The molecule has 1 heterocycles. The van der Waals surface area contributed by atoms with Gasteiger partial charge in [0.25, 0.3) is 0 Å². The fourth-order valence-corrected chi connectivity index (χ4v) is 4.98. The van der Waals surface area contributed by atoms with Gasteiger partial charge in [-0.3, -0.25) is 0 Å². The summed E-state index contributed by atoms with van der Waals surface area (Å²) < 4.78 is 39.6. The van der Waals surface area contributed by atoms with Crippen molar-refractivity contribution in [3.63, 3.8) is 0 Å². The Bertz CT molecular complexity index is 1170. The minimum Gasteiger partial charge on any atom is -0.492 e. The van der Waals surface area contributed by atoms with Gasteiger partial charge in [-0.25, -0.2) is 13.4 Å². The molecule has 3 rings (SSSR count). The van der Waals surface area contributed by atoms with Gasteiger partial charge in [-0.2, -0.15) is 0 Å². The molecule has 3 aromatic rings. The predicted octanol–water partition coefficient (Wildman–Crippen LogP) is 5.99. The van der Waals surface area contributed by atoms with Crippen molar-refractivity contribution < 1.29 is 17.9 Å². The van der Waals surface area contributed by atoms with Gasteiger partial charge in [0.15, 0.2) is 0 Å². The van der Waals surface area contributed by atoms with Crippen LogP contribution in [0.15, 0.2) is 64.9 Å². The Balaban J connectivity index is 1.69. The first-order valence-corrected chi connectivity index (χ1v) is 13.1.